The van der Waals surface area contributed by atoms with Crippen LogP contribution >= 0.6 is 0 Å². The molecule has 0 saturated heterocycles. The molecule has 2 heteroatoms. The molecule has 16 heavy (non-hydrogen) atoms. The molecule has 0 amide bonds. The minimum Gasteiger partial charge on any atom is -0.298 e. The van der Waals surface area contributed by atoms with Crippen LogP contribution in [0, 0.1) is 6.92 Å². The van der Waals surface area contributed by atoms with Gasteiger partial charge in [0.2, 0.25) is 0 Å². The third-order valence-electron chi connectivity index (χ3n) is 2.69. The zero-order valence-corrected chi connectivity index (χ0v) is 9.26. The molecule has 1 aromatic heterocycles. The molecule has 0 aliphatic carbocycles. The topological polar surface area (TPSA) is 20.9 Å². The molecule has 0 saturated carbocycles. The molecule has 2 rings (SSSR count). The van der Waals surface area contributed by atoms with Crippen LogP contribution in [0.2, 0.25) is 0 Å². The Kier molecular flexibility index (Phi) is 3.10. The van der Waals surface area contributed by atoms with Crippen molar-refractivity contribution in [3.63, 3.8) is 0 Å². The lowest BCUT2D eigenvalue weighted by Crippen LogP contribution is -2.37. The Morgan fingerprint density at radius 1 is 1.12 bits per heavy atom. The largest absolute Gasteiger partial charge is 0.298 e. The van der Waals surface area contributed by atoms with E-state index in [-0.39, 0.29) is 0 Å². The minimum atomic E-state index is 0.738. The van der Waals surface area contributed by atoms with Crippen molar-refractivity contribution in [1.29, 1.82) is 0 Å². The van der Waals surface area contributed by atoms with Gasteiger partial charge in [0.25, 0.3) is 0 Å². The van der Waals surface area contributed by atoms with Crippen LogP contribution in [0.5, 0.6) is 0 Å². The molecule has 0 spiro atoms. The molecule has 0 bridgehead atoms. The quantitative estimate of drug-likeness (QED) is 0.564. The Morgan fingerprint density at radius 2 is 1.88 bits per heavy atom. The fourth-order valence-corrected chi connectivity index (χ4v) is 1.72. The van der Waals surface area contributed by atoms with Gasteiger partial charge in [0.1, 0.15) is 0 Å². The maximum absolute atomic E-state index is 10.9. The zero-order chi connectivity index (χ0) is 11.4. The molecule has 0 fully saturated rings. The van der Waals surface area contributed by atoms with Crippen LogP contribution in [0.25, 0.3) is 0 Å². The van der Waals surface area contributed by atoms with Crippen molar-refractivity contribution in [1.82, 2.24) is 0 Å². The van der Waals surface area contributed by atoms with Gasteiger partial charge in [0, 0.05) is 30.2 Å². The molecule has 1 aromatic carbocycles. The number of aromatic nitrogens is 1. The number of benzene rings is 1. The van der Waals surface area contributed by atoms with E-state index in [1.54, 1.807) is 0 Å². The van der Waals surface area contributed by atoms with Gasteiger partial charge in [0.15, 0.2) is 24.7 Å². The second-order valence-electron chi connectivity index (χ2n) is 3.79. The SMILES string of the molecule is Cc1cccc[n+]1Cc1ccccc1C=O. The van der Waals surface area contributed by atoms with Crippen LogP contribution in [0.3, 0.4) is 0 Å². The molecule has 0 radical (unpaired) electrons. The minimum absolute atomic E-state index is 0.738. The number of hydrogen-bond acceptors (Lipinski definition) is 1. The van der Waals surface area contributed by atoms with E-state index in [4.69, 9.17) is 0 Å². The van der Waals surface area contributed by atoms with E-state index in [0.29, 0.717) is 0 Å². The van der Waals surface area contributed by atoms with Gasteiger partial charge in [-0.1, -0.05) is 30.3 Å². The smallest absolute Gasteiger partial charge is 0.178 e. The molecule has 2 aromatic rings. The van der Waals surface area contributed by atoms with Crippen molar-refractivity contribution in [3.05, 3.63) is 65.5 Å². The van der Waals surface area contributed by atoms with Gasteiger partial charge in [-0.3, -0.25) is 4.79 Å². The van der Waals surface area contributed by atoms with E-state index < -0.39 is 0 Å². The van der Waals surface area contributed by atoms with Gasteiger partial charge < -0.3 is 0 Å². The van der Waals surface area contributed by atoms with E-state index in [1.807, 2.05) is 42.6 Å². The van der Waals surface area contributed by atoms with Crippen LogP contribution in [0.4, 0.5) is 0 Å². The first-order valence-electron chi connectivity index (χ1n) is 5.29. The van der Waals surface area contributed by atoms with Crippen LogP contribution in [0.1, 0.15) is 21.6 Å². The molecule has 0 aliphatic heterocycles. The number of hydrogen-bond donors (Lipinski definition) is 0. The summed E-state index contributed by atoms with van der Waals surface area (Å²) >= 11 is 0. The lowest BCUT2D eigenvalue weighted by atomic mass is 10.1. The summed E-state index contributed by atoms with van der Waals surface area (Å²) in [4.78, 5) is 10.9. The second kappa shape index (κ2) is 4.71. The van der Waals surface area contributed by atoms with Gasteiger partial charge in [-0.05, 0) is 0 Å². The fraction of sp³-hybridized carbons (Fsp3) is 0.143. The molecule has 2 nitrogen and oxygen atoms in total. The van der Waals surface area contributed by atoms with Crippen LogP contribution in [-0.4, -0.2) is 6.29 Å². The maximum atomic E-state index is 10.9. The molecule has 0 unspecified atom stereocenters. The van der Waals surface area contributed by atoms with Gasteiger partial charge >= 0.3 is 0 Å². The molecule has 0 atom stereocenters. The van der Waals surface area contributed by atoms with Gasteiger partial charge in [-0.15, -0.1) is 0 Å². The van der Waals surface area contributed by atoms with Crippen molar-refractivity contribution >= 4 is 6.29 Å². The highest BCUT2D eigenvalue weighted by Crippen LogP contribution is 2.05. The van der Waals surface area contributed by atoms with Crippen molar-refractivity contribution in [2.45, 2.75) is 13.5 Å². The van der Waals surface area contributed by atoms with Gasteiger partial charge in [0.05, 0.1) is 0 Å². The Hall–Kier alpha value is -1.96. The van der Waals surface area contributed by atoms with Crippen LogP contribution in [-0.2, 0) is 6.54 Å². The zero-order valence-electron chi connectivity index (χ0n) is 9.26. The summed E-state index contributed by atoms with van der Waals surface area (Å²) in [6.07, 6.45) is 2.94. The average Bonchev–Trinajstić information content (AvgIpc) is 2.33. The summed E-state index contributed by atoms with van der Waals surface area (Å²) in [7, 11) is 0. The third kappa shape index (κ3) is 2.16. The summed E-state index contributed by atoms with van der Waals surface area (Å²) in [5.41, 5.74) is 3.00. The van der Waals surface area contributed by atoms with E-state index in [0.717, 1.165) is 24.0 Å². The van der Waals surface area contributed by atoms with Gasteiger partial charge in [-0.2, -0.15) is 4.57 Å². The highest BCUT2D eigenvalue weighted by molar-refractivity contribution is 5.76. The highest BCUT2D eigenvalue weighted by atomic mass is 16.1. The lowest BCUT2D eigenvalue weighted by Gasteiger charge is -2.02. The Bertz CT molecular complexity index is 506. The molecular formula is C14H14NO+. The first-order chi connectivity index (χ1) is 7.81. The van der Waals surface area contributed by atoms with Crippen molar-refractivity contribution < 1.29 is 9.36 Å². The first-order valence-corrected chi connectivity index (χ1v) is 5.29. The van der Waals surface area contributed by atoms with Crippen molar-refractivity contribution in [2.24, 2.45) is 0 Å². The average molecular weight is 212 g/mol. The first kappa shape index (κ1) is 10.6. The highest BCUT2D eigenvalue weighted by Gasteiger charge is 2.08. The van der Waals surface area contributed by atoms with Gasteiger partial charge in [-0.25, -0.2) is 0 Å². The van der Waals surface area contributed by atoms with Crippen LogP contribution < -0.4 is 4.57 Å². The Labute approximate surface area is 95.2 Å². The fourth-order valence-electron chi connectivity index (χ4n) is 1.72. The summed E-state index contributed by atoms with van der Waals surface area (Å²) in [5, 5.41) is 0. The Balaban J connectivity index is 2.34. The molecular weight excluding hydrogens is 198 g/mol. The van der Waals surface area contributed by atoms with E-state index >= 15 is 0 Å². The number of aryl methyl sites for hydroxylation is 1. The van der Waals surface area contributed by atoms with E-state index in [2.05, 4.69) is 17.6 Å². The predicted molar refractivity (Wildman–Crippen MR) is 62.3 cm³/mol. The van der Waals surface area contributed by atoms with E-state index in [1.165, 1.54) is 5.69 Å². The molecule has 0 aliphatic rings. The predicted octanol–water partition coefficient (Wildman–Crippen LogP) is 2.14. The number of pyridine rings is 1. The number of rotatable bonds is 3. The third-order valence-corrected chi connectivity index (χ3v) is 2.69. The summed E-state index contributed by atoms with van der Waals surface area (Å²) in [5.74, 6) is 0. The van der Waals surface area contributed by atoms with E-state index in [9.17, 15) is 4.79 Å². The molecule has 1 heterocycles. The van der Waals surface area contributed by atoms with Crippen molar-refractivity contribution in [2.75, 3.05) is 0 Å². The molecule has 80 valence electrons. The number of carbonyl (C=O) groups excluding carboxylic acids is 1. The normalized spacial score (nSPS) is 10.1. The van der Waals surface area contributed by atoms with Crippen LogP contribution in [0.15, 0.2) is 48.7 Å². The maximum Gasteiger partial charge on any atom is 0.178 e. The second-order valence-corrected chi connectivity index (χ2v) is 3.79. The standard InChI is InChI=1S/C14H14NO/c1-12-6-4-5-9-15(12)10-13-7-2-3-8-14(13)11-16/h2-9,11H,10H2,1H3/q+1. The number of nitrogens with zero attached hydrogens (tertiary/aromatic N) is 1. The monoisotopic (exact) mass is 212 g/mol. The lowest BCUT2D eigenvalue weighted by molar-refractivity contribution is -0.694. The summed E-state index contributed by atoms with van der Waals surface area (Å²) in [6.45, 7) is 2.80. The molecule has 0 N–H and O–H groups in total. The summed E-state index contributed by atoms with van der Waals surface area (Å²) in [6, 6.07) is 13.7. The Morgan fingerprint density at radius 3 is 2.62 bits per heavy atom. The van der Waals surface area contributed by atoms with Crippen molar-refractivity contribution in [3.8, 4) is 0 Å². The number of aldehydes is 1. The summed E-state index contributed by atoms with van der Waals surface area (Å²) < 4.78 is 2.13. The number of carbonyl (C=O) groups is 1.